The Morgan fingerprint density at radius 2 is 2.21 bits per heavy atom. The lowest BCUT2D eigenvalue weighted by Crippen LogP contribution is -2.35. The predicted molar refractivity (Wildman–Crippen MR) is 76.0 cm³/mol. The van der Waals surface area contributed by atoms with Crippen LogP contribution in [0.5, 0.6) is 0 Å². The van der Waals surface area contributed by atoms with E-state index in [1.807, 2.05) is 30.0 Å². The zero-order valence-electron chi connectivity index (χ0n) is 11.3. The van der Waals surface area contributed by atoms with Crippen molar-refractivity contribution in [2.45, 2.75) is 32.6 Å². The highest BCUT2D eigenvalue weighted by molar-refractivity contribution is 5.95. The van der Waals surface area contributed by atoms with Gasteiger partial charge in [0.2, 0.25) is 5.91 Å². The van der Waals surface area contributed by atoms with Gasteiger partial charge in [0.05, 0.1) is 12.3 Å². The number of rotatable bonds is 2. The number of nitrogens with zero attached hydrogens (tertiary/aromatic N) is 1. The molecule has 1 aromatic carbocycles. The summed E-state index contributed by atoms with van der Waals surface area (Å²) in [5.74, 6) is 6.18. The van der Waals surface area contributed by atoms with Crippen LogP contribution in [0.25, 0.3) is 0 Å². The molecule has 1 aliphatic rings. The van der Waals surface area contributed by atoms with Crippen molar-refractivity contribution in [2.24, 2.45) is 0 Å². The molecule has 0 bridgehead atoms. The molecule has 1 saturated heterocycles. The highest BCUT2D eigenvalue weighted by Crippen LogP contribution is 2.25. The third-order valence-electron chi connectivity index (χ3n) is 3.23. The lowest BCUT2D eigenvalue weighted by atomic mass is 10.0. The van der Waals surface area contributed by atoms with Crippen LogP contribution in [0.2, 0.25) is 0 Å². The summed E-state index contributed by atoms with van der Waals surface area (Å²) in [5, 5.41) is 8.79. The quantitative estimate of drug-likeness (QED) is 0.825. The fraction of sp³-hybridized carbons (Fsp3) is 0.438. The lowest BCUT2D eigenvalue weighted by molar-refractivity contribution is -0.119. The minimum atomic E-state index is 0.0663. The summed E-state index contributed by atoms with van der Waals surface area (Å²) < 4.78 is 0. The normalized spacial score (nSPS) is 15.1. The zero-order chi connectivity index (χ0) is 13.7. The van der Waals surface area contributed by atoms with Gasteiger partial charge in [-0.2, -0.15) is 0 Å². The van der Waals surface area contributed by atoms with Gasteiger partial charge in [-0.3, -0.25) is 4.79 Å². The average molecular weight is 257 g/mol. The summed E-state index contributed by atoms with van der Waals surface area (Å²) in [6.45, 7) is 2.85. The van der Waals surface area contributed by atoms with Gasteiger partial charge in [0.1, 0.15) is 0 Å². The van der Waals surface area contributed by atoms with E-state index in [1.54, 1.807) is 0 Å². The first-order chi connectivity index (χ1) is 9.22. The first-order valence-corrected chi connectivity index (χ1v) is 6.73. The Hall–Kier alpha value is -1.79. The number of piperidine rings is 1. The Bertz CT molecular complexity index is 525. The van der Waals surface area contributed by atoms with E-state index in [9.17, 15) is 4.79 Å². The van der Waals surface area contributed by atoms with Crippen molar-refractivity contribution in [3.05, 3.63) is 29.3 Å². The van der Waals surface area contributed by atoms with Crippen LogP contribution in [-0.2, 0) is 4.79 Å². The summed E-state index contributed by atoms with van der Waals surface area (Å²) in [6, 6.07) is 5.98. The van der Waals surface area contributed by atoms with Gasteiger partial charge in [-0.1, -0.05) is 17.9 Å². The number of anilines is 1. The number of carbonyl (C=O) groups is 1. The molecule has 0 spiro atoms. The summed E-state index contributed by atoms with van der Waals surface area (Å²) >= 11 is 0. The average Bonchev–Trinajstić information content (AvgIpc) is 2.40. The molecule has 1 fully saturated rings. The molecule has 0 atom stereocenters. The molecule has 0 aromatic heterocycles. The summed E-state index contributed by atoms with van der Waals surface area (Å²) in [6.07, 6.45) is 3.11. The van der Waals surface area contributed by atoms with E-state index >= 15 is 0 Å². The van der Waals surface area contributed by atoms with Crippen molar-refractivity contribution in [3.8, 4) is 11.8 Å². The molecule has 1 heterocycles. The third-order valence-corrected chi connectivity index (χ3v) is 3.23. The monoisotopic (exact) mass is 257 g/mol. The molecule has 100 valence electrons. The molecule has 1 aromatic rings. The fourth-order valence-corrected chi connectivity index (χ4v) is 2.26. The number of aliphatic hydroxyl groups excluding tert-OH is 1. The smallest absolute Gasteiger partial charge is 0.227 e. The molecule has 0 aliphatic carbocycles. The summed E-state index contributed by atoms with van der Waals surface area (Å²) in [5.41, 5.74) is 2.91. The zero-order valence-corrected chi connectivity index (χ0v) is 11.3. The standard InChI is InChI=1S/C16H19NO2/c1-13-8-9-15(14(12-13)6-3-5-11-18)17-10-4-2-7-16(17)19/h8-9,12,18H,2,4-5,7,10-11H2,1H3. The second-order valence-electron chi connectivity index (χ2n) is 4.80. The number of aliphatic hydroxyl groups is 1. The lowest BCUT2D eigenvalue weighted by Gasteiger charge is -2.28. The molecule has 2 rings (SSSR count). The van der Waals surface area contributed by atoms with E-state index < -0.39 is 0 Å². The van der Waals surface area contributed by atoms with Crippen molar-refractivity contribution in [3.63, 3.8) is 0 Å². The molecule has 0 saturated carbocycles. The van der Waals surface area contributed by atoms with E-state index in [0.29, 0.717) is 12.8 Å². The van der Waals surface area contributed by atoms with Crippen molar-refractivity contribution in [2.75, 3.05) is 18.1 Å². The molecule has 19 heavy (non-hydrogen) atoms. The first kappa shape index (κ1) is 13.6. The van der Waals surface area contributed by atoms with Gasteiger partial charge < -0.3 is 10.0 Å². The van der Waals surface area contributed by atoms with Crippen molar-refractivity contribution < 1.29 is 9.90 Å². The van der Waals surface area contributed by atoms with Gasteiger partial charge in [-0.25, -0.2) is 0 Å². The van der Waals surface area contributed by atoms with Crippen molar-refractivity contribution >= 4 is 11.6 Å². The number of hydrogen-bond acceptors (Lipinski definition) is 2. The molecular weight excluding hydrogens is 238 g/mol. The van der Waals surface area contributed by atoms with Gasteiger partial charge in [0, 0.05) is 24.9 Å². The highest BCUT2D eigenvalue weighted by atomic mass is 16.2. The van der Waals surface area contributed by atoms with Crippen LogP contribution < -0.4 is 4.90 Å². The molecule has 0 radical (unpaired) electrons. The van der Waals surface area contributed by atoms with E-state index in [4.69, 9.17) is 5.11 Å². The second kappa shape index (κ2) is 6.40. The van der Waals surface area contributed by atoms with Crippen LogP contribution in [0.1, 0.15) is 36.8 Å². The molecular formula is C16H19NO2. The Kier molecular flexibility index (Phi) is 4.59. The molecule has 0 unspecified atom stereocenters. The number of carbonyl (C=O) groups excluding carboxylic acids is 1. The van der Waals surface area contributed by atoms with Crippen LogP contribution in [0, 0.1) is 18.8 Å². The van der Waals surface area contributed by atoms with Gasteiger partial charge in [0.25, 0.3) is 0 Å². The predicted octanol–water partition coefficient (Wildman–Crippen LogP) is 2.25. The van der Waals surface area contributed by atoms with Gasteiger partial charge in [-0.15, -0.1) is 0 Å². The van der Waals surface area contributed by atoms with Crippen LogP contribution in [-0.4, -0.2) is 24.2 Å². The van der Waals surface area contributed by atoms with Gasteiger partial charge in [0.15, 0.2) is 0 Å². The van der Waals surface area contributed by atoms with Crippen LogP contribution in [0.4, 0.5) is 5.69 Å². The maximum absolute atomic E-state index is 12.0. The number of hydrogen-bond donors (Lipinski definition) is 1. The third kappa shape index (κ3) is 3.36. The van der Waals surface area contributed by atoms with Crippen LogP contribution >= 0.6 is 0 Å². The van der Waals surface area contributed by atoms with Crippen molar-refractivity contribution in [1.29, 1.82) is 0 Å². The molecule has 1 aliphatic heterocycles. The minimum absolute atomic E-state index is 0.0663. The Morgan fingerprint density at radius 1 is 1.37 bits per heavy atom. The molecule has 1 N–H and O–H groups in total. The van der Waals surface area contributed by atoms with Crippen LogP contribution in [0.15, 0.2) is 18.2 Å². The summed E-state index contributed by atoms with van der Waals surface area (Å²) in [7, 11) is 0. The molecule has 3 heteroatoms. The Morgan fingerprint density at radius 3 is 2.95 bits per heavy atom. The van der Waals surface area contributed by atoms with Crippen molar-refractivity contribution in [1.82, 2.24) is 0 Å². The second-order valence-corrected chi connectivity index (χ2v) is 4.80. The Labute approximate surface area is 114 Å². The van der Waals surface area contributed by atoms with E-state index in [1.165, 1.54) is 0 Å². The van der Waals surface area contributed by atoms with E-state index in [2.05, 4.69) is 11.8 Å². The van der Waals surface area contributed by atoms with Crippen LogP contribution in [0.3, 0.4) is 0 Å². The number of benzene rings is 1. The molecule has 3 nitrogen and oxygen atoms in total. The van der Waals surface area contributed by atoms with E-state index in [-0.39, 0.29) is 12.5 Å². The van der Waals surface area contributed by atoms with Gasteiger partial charge in [-0.05, 0) is 37.5 Å². The minimum Gasteiger partial charge on any atom is -0.395 e. The number of amides is 1. The summed E-state index contributed by atoms with van der Waals surface area (Å²) in [4.78, 5) is 13.8. The topological polar surface area (TPSA) is 40.5 Å². The highest BCUT2D eigenvalue weighted by Gasteiger charge is 2.21. The Balaban J connectivity index is 2.33. The van der Waals surface area contributed by atoms with Gasteiger partial charge >= 0.3 is 0 Å². The first-order valence-electron chi connectivity index (χ1n) is 6.73. The number of aryl methyl sites for hydroxylation is 1. The molecule has 1 amide bonds. The maximum Gasteiger partial charge on any atom is 0.227 e. The van der Waals surface area contributed by atoms with E-state index in [0.717, 1.165) is 36.2 Å². The largest absolute Gasteiger partial charge is 0.395 e. The fourth-order valence-electron chi connectivity index (χ4n) is 2.26. The SMILES string of the molecule is Cc1ccc(N2CCCCC2=O)c(C#CCCO)c1. The maximum atomic E-state index is 12.0.